The van der Waals surface area contributed by atoms with Crippen LogP contribution in [0.3, 0.4) is 0 Å². The van der Waals surface area contributed by atoms with Gasteiger partial charge in [0.1, 0.15) is 19.0 Å². The predicted octanol–water partition coefficient (Wildman–Crippen LogP) is 1.65. The first-order chi connectivity index (χ1) is 12.5. The molecule has 26 heavy (non-hydrogen) atoms. The molecule has 1 aliphatic rings. The van der Waals surface area contributed by atoms with Crippen molar-refractivity contribution in [3.05, 3.63) is 30.1 Å². The summed E-state index contributed by atoms with van der Waals surface area (Å²) in [6.07, 6.45) is 0.914. The first kappa shape index (κ1) is 20.2. The third-order valence-corrected chi connectivity index (χ3v) is 4.33. The van der Waals surface area contributed by atoms with Crippen LogP contribution in [0.5, 0.6) is 0 Å². The number of piperazine rings is 1. The van der Waals surface area contributed by atoms with E-state index in [1.165, 1.54) is 6.07 Å². The van der Waals surface area contributed by atoms with E-state index in [2.05, 4.69) is 19.2 Å². The summed E-state index contributed by atoms with van der Waals surface area (Å²) in [4.78, 5) is 27.4. The van der Waals surface area contributed by atoms with Gasteiger partial charge in [-0.25, -0.2) is 4.39 Å². The molecule has 0 spiro atoms. The molecule has 0 aliphatic carbocycles. The molecule has 1 heterocycles. The number of anilines is 1. The van der Waals surface area contributed by atoms with Gasteiger partial charge in [0.2, 0.25) is 11.8 Å². The standard InChI is InChI=1S/C19H28FN3O3/c1-15(2)7-8-21-18(24)13-26-14-19(25)23-11-9-22(10-12-23)17-6-4-3-5-16(17)20/h3-6,15H,7-14H2,1-2H3,(H,21,24). The lowest BCUT2D eigenvalue weighted by Gasteiger charge is -2.36. The predicted molar refractivity (Wildman–Crippen MR) is 98.5 cm³/mol. The summed E-state index contributed by atoms with van der Waals surface area (Å²) in [5, 5.41) is 2.77. The Labute approximate surface area is 154 Å². The Kier molecular flexibility index (Phi) is 7.84. The van der Waals surface area contributed by atoms with Crippen molar-refractivity contribution >= 4 is 17.5 Å². The minimum Gasteiger partial charge on any atom is -0.366 e. The topological polar surface area (TPSA) is 61.9 Å². The van der Waals surface area contributed by atoms with E-state index in [0.717, 1.165) is 6.42 Å². The number of benzene rings is 1. The van der Waals surface area contributed by atoms with Gasteiger partial charge in [0.05, 0.1) is 5.69 Å². The van der Waals surface area contributed by atoms with Crippen molar-refractivity contribution in [3.8, 4) is 0 Å². The number of rotatable bonds is 8. The molecule has 2 amide bonds. The summed E-state index contributed by atoms with van der Waals surface area (Å²) in [6.45, 7) is 6.74. The van der Waals surface area contributed by atoms with E-state index < -0.39 is 0 Å². The number of amides is 2. The van der Waals surface area contributed by atoms with Gasteiger partial charge in [-0.1, -0.05) is 26.0 Å². The summed E-state index contributed by atoms with van der Waals surface area (Å²) in [5.74, 6) is -0.0732. The lowest BCUT2D eigenvalue weighted by Crippen LogP contribution is -2.50. The molecule has 1 aromatic rings. The van der Waals surface area contributed by atoms with E-state index >= 15 is 0 Å². The van der Waals surface area contributed by atoms with Crippen molar-refractivity contribution in [3.63, 3.8) is 0 Å². The molecule has 1 N–H and O–H groups in total. The lowest BCUT2D eigenvalue weighted by molar-refractivity contribution is -0.138. The van der Waals surface area contributed by atoms with Crippen LogP contribution in [-0.4, -0.2) is 62.7 Å². The molecular weight excluding hydrogens is 337 g/mol. The number of nitrogens with zero attached hydrogens (tertiary/aromatic N) is 2. The van der Waals surface area contributed by atoms with E-state index in [1.807, 2.05) is 4.90 Å². The van der Waals surface area contributed by atoms with Gasteiger partial charge in [-0.05, 0) is 24.5 Å². The van der Waals surface area contributed by atoms with Gasteiger partial charge in [0, 0.05) is 32.7 Å². The molecule has 1 saturated heterocycles. The monoisotopic (exact) mass is 365 g/mol. The number of halogens is 1. The Hall–Kier alpha value is -2.15. The minimum atomic E-state index is -0.251. The first-order valence-electron chi connectivity index (χ1n) is 9.09. The normalized spacial score (nSPS) is 14.6. The zero-order valence-electron chi connectivity index (χ0n) is 15.5. The van der Waals surface area contributed by atoms with Gasteiger partial charge in [0.15, 0.2) is 0 Å². The summed E-state index contributed by atoms with van der Waals surface area (Å²) in [6, 6.07) is 6.64. The molecule has 1 aliphatic heterocycles. The van der Waals surface area contributed by atoms with Crippen LogP contribution in [0.1, 0.15) is 20.3 Å². The molecule has 0 saturated carbocycles. The molecule has 1 fully saturated rings. The van der Waals surface area contributed by atoms with Crippen molar-refractivity contribution in [2.24, 2.45) is 5.92 Å². The Balaban J connectivity index is 1.65. The van der Waals surface area contributed by atoms with Gasteiger partial charge in [0.25, 0.3) is 0 Å². The lowest BCUT2D eigenvalue weighted by atomic mass is 10.1. The van der Waals surface area contributed by atoms with Crippen LogP contribution in [-0.2, 0) is 14.3 Å². The van der Waals surface area contributed by atoms with Gasteiger partial charge in [-0.2, -0.15) is 0 Å². The maximum atomic E-state index is 13.8. The number of ether oxygens (including phenoxy) is 1. The number of para-hydroxylation sites is 1. The zero-order valence-corrected chi connectivity index (χ0v) is 15.5. The smallest absolute Gasteiger partial charge is 0.248 e. The number of nitrogens with one attached hydrogen (secondary N) is 1. The second kappa shape index (κ2) is 10.1. The molecule has 0 atom stereocenters. The van der Waals surface area contributed by atoms with Gasteiger partial charge in [-0.15, -0.1) is 0 Å². The highest BCUT2D eigenvalue weighted by Crippen LogP contribution is 2.20. The van der Waals surface area contributed by atoms with Crippen LogP contribution >= 0.6 is 0 Å². The van der Waals surface area contributed by atoms with Gasteiger partial charge >= 0.3 is 0 Å². The average molecular weight is 365 g/mol. The highest BCUT2D eigenvalue weighted by molar-refractivity contribution is 5.79. The van der Waals surface area contributed by atoms with Crippen LogP contribution in [0.4, 0.5) is 10.1 Å². The highest BCUT2D eigenvalue weighted by Gasteiger charge is 2.22. The summed E-state index contributed by atoms with van der Waals surface area (Å²) >= 11 is 0. The number of hydrogen-bond acceptors (Lipinski definition) is 4. The minimum absolute atomic E-state index is 0.112. The number of carbonyl (C=O) groups excluding carboxylic acids is 2. The van der Waals surface area contributed by atoms with E-state index in [1.54, 1.807) is 23.1 Å². The Bertz CT molecular complexity index is 601. The fourth-order valence-corrected chi connectivity index (χ4v) is 2.78. The van der Waals surface area contributed by atoms with Crippen molar-refractivity contribution < 1.29 is 18.7 Å². The van der Waals surface area contributed by atoms with Crippen LogP contribution in [0.15, 0.2) is 24.3 Å². The van der Waals surface area contributed by atoms with E-state index in [9.17, 15) is 14.0 Å². The summed E-state index contributed by atoms with van der Waals surface area (Å²) in [5.41, 5.74) is 0.564. The largest absolute Gasteiger partial charge is 0.366 e. The van der Waals surface area contributed by atoms with Crippen LogP contribution in [0.2, 0.25) is 0 Å². The van der Waals surface area contributed by atoms with Gasteiger partial charge < -0.3 is 19.9 Å². The summed E-state index contributed by atoms with van der Waals surface area (Å²) in [7, 11) is 0. The fraction of sp³-hybridized carbons (Fsp3) is 0.579. The Morgan fingerprint density at radius 2 is 1.85 bits per heavy atom. The molecule has 2 rings (SSSR count). The third-order valence-electron chi connectivity index (χ3n) is 4.33. The molecule has 0 aromatic heterocycles. The second-order valence-electron chi connectivity index (χ2n) is 6.84. The Morgan fingerprint density at radius 3 is 2.50 bits per heavy atom. The van der Waals surface area contributed by atoms with Crippen molar-refractivity contribution in [1.82, 2.24) is 10.2 Å². The van der Waals surface area contributed by atoms with Gasteiger partial charge in [-0.3, -0.25) is 9.59 Å². The van der Waals surface area contributed by atoms with E-state index in [0.29, 0.717) is 44.3 Å². The van der Waals surface area contributed by atoms with Crippen molar-refractivity contribution in [2.75, 3.05) is 50.8 Å². The second-order valence-corrected chi connectivity index (χ2v) is 6.84. The van der Waals surface area contributed by atoms with Crippen LogP contribution in [0.25, 0.3) is 0 Å². The van der Waals surface area contributed by atoms with Crippen molar-refractivity contribution in [2.45, 2.75) is 20.3 Å². The van der Waals surface area contributed by atoms with E-state index in [-0.39, 0.29) is 30.8 Å². The molecule has 144 valence electrons. The molecular formula is C19H28FN3O3. The molecule has 7 heteroatoms. The van der Waals surface area contributed by atoms with E-state index in [4.69, 9.17) is 4.74 Å². The first-order valence-corrected chi connectivity index (χ1v) is 9.09. The average Bonchev–Trinajstić information content (AvgIpc) is 2.62. The maximum Gasteiger partial charge on any atom is 0.248 e. The number of hydrogen-bond donors (Lipinski definition) is 1. The maximum absolute atomic E-state index is 13.8. The summed E-state index contributed by atoms with van der Waals surface area (Å²) < 4.78 is 19.0. The highest BCUT2D eigenvalue weighted by atomic mass is 19.1. The van der Waals surface area contributed by atoms with Crippen LogP contribution < -0.4 is 10.2 Å². The van der Waals surface area contributed by atoms with Crippen LogP contribution in [0, 0.1) is 11.7 Å². The zero-order chi connectivity index (χ0) is 18.9. The fourth-order valence-electron chi connectivity index (χ4n) is 2.78. The SMILES string of the molecule is CC(C)CCNC(=O)COCC(=O)N1CCN(c2ccccc2F)CC1. The molecule has 0 bridgehead atoms. The third kappa shape index (κ3) is 6.29. The quantitative estimate of drug-likeness (QED) is 0.761. The molecule has 0 unspecified atom stereocenters. The number of carbonyl (C=O) groups is 2. The van der Waals surface area contributed by atoms with Crippen molar-refractivity contribution in [1.29, 1.82) is 0 Å². The Morgan fingerprint density at radius 1 is 1.15 bits per heavy atom. The molecule has 1 aromatic carbocycles. The molecule has 6 nitrogen and oxygen atoms in total. The molecule has 0 radical (unpaired) electrons.